The van der Waals surface area contributed by atoms with Crippen molar-refractivity contribution in [3.63, 3.8) is 0 Å². The maximum atomic E-state index is 12.1. The molecule has 1 amide bonds. The average Bonchev–Trinajstić information content (AvgIpc) is 2.28. The first-order chi connectivity index (χ1) is 7.49. The molecule has 0 bridgehead atoms. The van der Waals surface area contributed by atoms with Gasteiger partial charge in [-0.25, -0.2) is 0 Å². The zero-order chi connectivity index (χ0) is 12.2. The molecule has 0 aliphatic carbocycles. The minimum Gasteiger partial charge on any atom is -0.396 e. The van der Waals surface area contributed by atoms with Crippen molar-refractivity contribution in [2.75, 3.05) is 19.7 Å². The summed E-state index contributed by atoms with van der Waals surface area (Å²) in [6.45, 7) is 7.75. The first-order valence-corrected chi connectivity index (χ1v) is 6.12. The van der Waals surface area contributed by atoms with Crippen LogP contribution in [0.25, 0.3) is 0 Å². The molecule has 4 nitrogen and oxygen atoms in total. The Labute approximate surface area is 97.8 Å². The van der Waals surface area contributed by atoms with Crippen LogP contribution in [0.15, 0.2) is 0 Å². The first-order valence-electron chi connectivity index (χ1n) is 6.12. The summed E-state index contributed by atoms with van der Waals surface area (Å²) in [4.78, 5) is 12.1. The van der Waals surface area contributed by atoms with Gasteiger partial charge in [-0.3, -0.25) is 4.79 Å². The van der Waals surface area contributed by atoms with E-state index in [4.69, 9.17) is 5.11 Å². The van der Waals surface area contributed by atoms with Crippen LogP contribution in [-0.4, -0.2) is 36.8 Å². The topological polar surface area (TPSA) is 61.4 Å². The van der Waals surface area contributed by atoms with Crippen LogP contribution >= 0.6 is 0 Å². The quantitative estimate of drug-likeness (QED) is 0.657. The molecule has 16 heavy (non-hydrogen) atoms. The van der Waals surface area contributed by atoms with E-state index in [-0.39, 0.29) is 29.9 Å². The maximum absolute atomic E-state index is 12.1. The van der Waals surface area contributed by atoms with Crippen LogP contribution in [0.3, 0.4) is 0 Å². The standard InChI is InChI=1S/C12H24N2O2/c1-9(7-15)10(2)14-11(16)12(3)5-4-6-13-8-12/h9-10,13,15H,4-8H2,1-3H3,(H,14,16). The van der Waals surface area contributed by atoms with Gasteiger partial charge in [0.1, 0.15) is 0 Å². The van der Waals surface area contributed by atoms with E-state index in [0.717, 1.165) is 25.9 Å². The molecule has 94 valence electrons. The van der Waals surface area contributed by atoms with Crippen LogP contribution < -0.4 is 10.6 Å². The zero-order valence-corrected chi connectivity index (χ0v) is 10.5. The number of nitrogens with one attached hydrogen (secondary N) is 2. The molecular formula is C12H24N2O2. The highest BCUT2D eigenvalue weighted by Gasteiger charge is 2.35. The molecule has 1 saturated heterocycles. The molecule has 1 heterocycles. The number of aliphatic hydroxyl groups excluding tert-OH is 1. The van der Waals surface area contributed by atoms with Crippen molar-refractivity contribution >= 4 is 5.91 Å². The highest BCUT2D eigenvalue weighted by Crippen LogP contribution is 2.25. The highest BCUT2D eigenvalue weighted by molar-refractivity contribution is 5.82. The molecule has 4 heteroatoms. The second-order valence-electron chi connectivity index (χ2n) is 5.26. The minimum absolute atomic E-state index is 0.0243. The second-order valence-corrected chi connectivity index (χ2v) is 5.26. The van der Waals surface area contributed by atoms with Crippen molar-refractivity contribution in [1.29, 1.82) is 0 Å². The third-order valence-corrected chi connectivity index (χ3v) is 3.65. The summed E-state index contributed by atoms with van der Waals surface area (Å²) in [5.41, 5.74) is -0.290. The molecule has 1 fully saturated rings. The van der Waals surface area contributed by atoms with Gasteiger partial charge < -0.3 is 15.7 Å². The van der Waals surface area contributed by atoms with Gasteiger partial charge in [0.2, 0.25) is 5.91 Å². The predicted octanol–water partition coefficient (Wildman–Crippen LogP) is 0.509. The Bertz CT molecular complexity index is 237. The van der Waals surface area contributed by atoms with Crippen molar-refractivity contribution in [3.05, 3.63) is 0 Å². The summed E-state index contributed by atoms with van der Waals surface area (Å²) in [6.07, 6.45) is 1.99. The zero-order valence-electron chi connectivity index (χ0n) is 10.5. The molecule has 0 saturated carbocycles. The Morgan fingerprint density at radius 2 is 2.25 bits per heavy atom. The number of hydrogen-bond acceptors (Lipinski definition) is 3. The van der Waals surface area contributed by atoms with Gasteiger partial charge in [0.15, 0.2) is 0 Å². The third-order valence-electron chi connectivity index (χ3n) is 3.65. The summed E-state index contributed by atoms with van der Waals surface area (Å²) in [7, 11) is 0. The van der Waals surface area contributed by atoms with E-state index in [9.17, 15) is 4.79 Å². The Balaban J connectivity index is 2.50. The van der Waals surface area contributed by atoms with Gasteiger partial charge in [0.05, 0.1) is 5.41 Å². The van der Waals surface area contributed by atoms with Crippen LogP contribution in [0.1, 0.15) is 33.6 Å². The molecule has 0 spiro atoms. The van der Waals surface area contributed by atoms with Crippen LogP contribution in [0.5, 0.6) is 0 Å². The molecule has 1 aliphatic rings. The van der Waals surface area contributed by atoms with Crippen LogP contribution in [0.4, 0.5) is 0 Å². The Hall–Kier alpha value is -0.610. The number of aliphatic hydroxyl groups is 1. The molecule has 3 N–H and O–H groups in total. The van der Waals surface area contributed by atoms with Crippen molar-refractivity contribution in [3.8, 4) is 0 Å². The number of piperidine rings is 1. The van der Waals surface area contributed by atoms with E-state index in [2.05, 4.69) is 10.6 Å². The lowest BCUT2D eigenvalue weighted by Gasteiger charge is -2.34. The van der Waals surface area contributed by atoms with Gasteiger partial charge in [-0.2, -0.15) is 0 Å². The lowest BCUT2D eigenvalue weighted by atomic mass is 9.81. The van der Waals surface area contributed by atoms with Crippen molar-refractivity contribution in [1.82, 2.24) is 10.6 Å². The van der Waals surface area contributed by atoms with Crippen LogP contribution in [-0.2, 0) is 4.79 Å². The van der Waals surface area contributed by atoms with Gasteiger partial charge >= 0.3 is 0 Å². The fourth-order valence-corrected chi connectivity index (χ4v) is 1.93. The van der Waals surface area contributed by atoms with Gasteiger partial charge in [0.25, 0.3) is 0 Å². The monoisotopic (exact) mass is 228 g/mol. The Morgan fingerprint density at radius 3 is 2.75 bits per heavy atom. The molecule has 1 aliphatic heterocycles. The lowest BCUT2D eigenvalue weighted by Crippen LogP contribution is -2.52. The molecule has 3 unspecified atom stereocenters. The first kappa shape index (κ1) is 13.5. The molecule has 3 atom stereocenters. The largest absolute Gasteiger partial charge is 0.396 e. The Kier molecular flexibility index (Phi) is 4.74. The third kappa shape index (κ3) is 3.19. The van der Waals surface area contributed by atoms with Gasteiger partial charge in [-0.1, -0.05) is 6.92 Å². The van der Waals surface area contributed by atoms with Gasteiger partial charge in [-0.15, -0.1) is 0 Å². The van der Waals surface area contributed by atoms with Crippen molar-refractivity contribution in [2.24, 2.45) is 11.3 Å². The van der Waals surface area contributed by atoms with E-state index in [1.54, 1.807) is 0 Å². The molecule has 0 aromatic carbocycles. The summed E-state index contributed by atoms with van der Waals surface area (Å²) < 4.78 is 0. The van der Waals surface area contributed by atoms with Gasteiger partial charge in [0, 0.05) is 19.2 Å². The average molecular weight is 228 g/mol. The van der Waals surface area contributed by atoms with Crippen molar-refractivity contribution < 1.29 is 9.90 Å². The van der Waals surface area contributed by atoms with Crippen LogP contribution in [0.2, 0.25) is 0 Å². The number of carbonyl (C=O) groups excluding carboxylic acids is 1. The minimum atomic E-state index is -0.290. The summed E-state index contributed by atoms with van der Waals surface area (Å²) >= 11 is 0. The molecule has 0 aromatic heterocycles. The molecule has 1 rings (SSSR count). The maximum Gasteiger partial charge on any atom is 0.227 e. The van der Waals surface area contributed by atoms with E-state index < -0.39 is 0 Å². The fraction of sp³-hybridized carbons (Fsp3) is 0.917. The smallest absolute Gasteiger partial charge is 0.227 e. The molecule has 0 aromatic rings. The number of rotatable bonds is 4. The van der Waals surface area contributed by atoms with Gasteiger partial charge in [-0.05, 0) is 39.2 Å². The fourth-order valence-electron chi connectivity index (χ4n) is 1.93. The van der Waals surface area contributed by atoms with E-state index in [0.29, 0.717) is 0 Å². The summed E-state index contributed by atoms with van der Waals surface area (Å²) in [5, 5.41) is 15.3. The SMILES string of the molecule is CC(CO)C(C)NC(=O)C1(C)CCCNC1. The summed E-state index contributed by atoms with van der Waals surface area (Å²) in [6, 6.07) is 0.0243. The van der Waals surface area contributed by atoms with E-state index >= 15 is 0 Å². The van der Waals surface area contributed by atoms with Crippen molar-refractivity contribution in [2.45, 2.75) is 39.7 Å². The molecular weight excluding hydrogens is 204 g/mol. The molecule has 0 radical (unpaired) electrons. The lowest BCUT2D eigenvalue weighted by molar-refractivity contribution is -0.132. The number of carbonyl (C=O) groups is 1. The van der Waals surface area contributed by atoms with E-state index in [1.165, 1.54) is 0 Å². The number of amides is 1. The Morgan fingerprint density at radius 1 is 1.56 bits per heavy atom. The number of hydrogen-bond donors (Lipinski definition) is 3. The second kappa shape index (κ2) is 5.64. The highest BCUT2D eigenvalue weighted by atomic mass is 16.3. The summed E-state index contributed by atoms with van der Waals surface area (Å²) in [5.74, 6) is 0.205. The van der Waals surface area contributed by atoms with Crippen LogP contribution in [0, 0.1) is 11.3 Å². The predicted molar refractivity (Wildman–Crippen MR) is 64.1 cm³/mol. The van der Waals surface area contributed by atoms with E-state index in [1.807, 2.05) is 20.8 Å². The normalized spacial score (nSPS) is 29.5.